The van der Waals surface area contributed by atoms with Gasteiger partial charge in [-0.2, -0.15) is 0 Å². The third kappa shape index (κ3) is 5.77. The van der Waals surface area contributed by atoms with Crippen molar-refractivity contribution in [3.63, 3.8) is 0 Å². The molecule has 2 saturated carbocycles. The van der Waals surface area contributed by atoms with Gasteiger partial charge in [0.05, 0.1) is 0 Å². The maximum Gasteiger partial charge on any atom is 0.0459 e. The van der Waals surface area contributed by atoms with Crippen molar-refractivity contribution in [3.8, 4) is 0 Å². The Morgan fingerprint density at radius 3 is 2.05 bits per heavy atom. The highest BCUT2D eigenvalue weighted by molar-refractivity contribution is 4.92. The molecule has 0 atom stereocenters. The minimum absolute atomic E-state index is 0.419. The number of hydrogen-bond donors (Lipinski definition) is 1. The molecule has 0 saturated heterocycles. The fourth-order valence-corrected chi connectivity index (χ4v) is 4.45. The van der Waals surface area contributed by atoms with Crippen LogP contribution in [0, 0.1) is 23.7 Å². The molecule has 0 spiro atoms. The Labute approximate surface area is 132 Å². The van der Waals surface area contributed by atoms with Crippen molar-refractivity contribution in [1.82, 2.24) is 0 Å². The van der Waals surface area contributed by atoms with Gasteiger partial charge < -0.3 is 5.11 Å². The molecule has 0 aromatic rings. The largest absolute Gasteiger partial charge is 0.396 e. The molecule has 1 heteroatoms. The SMILES string of the molecule is CCCCCC=C[C@H]1CC[C@H]([C@H]2CC[C@H](CO)CC2)CC1. The Balaban J connectivity index is 1.62. The summed E-state index contributed by atoms with van der Waals surface area (Å²) < 4.78 is 0. The Hall–Kier alpha value is -0.300. The topological polar surface area (TPSA) is 20.2 Å². The highest BCUT2D eigenvalue weighted by Crippen LogP contribution is 2.41. The van der Waals surface area contributed by atoms with Gasteiger partial charge in [0, 0.05) is 6.61 Å². The van der Waals surface area contributed by atoms with Crippen molar-refractivity contribution in [3.05, 3.63) is 12.2 Å². The molecule has 0 bridgehead atoms. The molecule has 2 aliphatic carbocycles. The zero-order valence-electron chi connectivity index (χ0n) is 14.1. The van der Waals surface area contributed by atoms with Gasteiger partial charge in [-0.15, -0.1) is 0 Å². The van der Waals surface area contributed by atoms with Crippen LogP contribution in [-0.4, -0.2) is 11.7 Å². The molecular formula is C20H36O. The van der Waals surface area contributed by atoms with E-state index in [9.17, 15) is 5.11 Å². The van der Waals surface area contributed by atoms with Crippen LogP contribution >= 0.6 is 0 Å². The molecule has 0 amide bonds. The van der Waals surface area contributed by atoms with Gasteiger partial charge >= 0.3 is 0 Å². The number of unbranched alkanes of at least 4 members (excludes halogenated alkanes) is 3. The molecule has 2 fully saturated rings. The van der Waals surface area contributed by atoms with E-state index in [2.05, 4.69) is 19.1 Å². The second-order valence-corrected chi connectivity index (χ2v) is 7.56. The maximum absolute atomic E-state index is 9.25. The smallest absolute Gasteiger partial charge is 0.0459 e. The van der Waals surface area contributed by atoms with Gasteiger partial charge in [-0.1, -0.05) is 31.9 Å². The number of allylic oxidation sites excluding steroid dienone is 2. The standard InChI is InChI=1S/C20H36O/c1-2-3-4-5-6-7-17-8-12-19(13-9-17)20-14-10-18(16-21)11-15-20/h6-7,17-21H,2-5,8-16H2,1H3/t17-,18-,19-,20-. The predicted octanol–water partition coefficient (Wildman–Crippen LogP) is 5.73. The quantitative estimate of drug-likeness (QED) is 0.469. The summed E-state index contributed by atoms with van der Waals surface area (Å²) in [5.74, 6) is 3.46. The lowest BCUT2D eigenvalue weighted by molar-refractivity contribution is 0.122. The Morgan fingerprint density at radius 2 is 1.48 bits per heavy atom. The van der Waals surface area contributed by atoms with E-state index in [4.69, 9.17) is 0 Å². The summed E-state index contributed by atoms with van der Waals surface area (Å²) in [5.41, 5.74) is 0. The Kier molecular flexibility index (Phi) is 7.85. The van der Waals surface area contributed by atoms with Gasteiger partial charge in [-0.25, -0.2) is 0 Å². The van der Waals surface area contributed by atoms with E-state index in [0.717, 1.165) is 17.8 Å². The van der Waals surface area contributed by atoms with E-state index < -0.39 is 0 Å². The van der Waals surface area contributed by atoms with Crippen LogP contribution in [0.2, 0.25) is 0 Å². The summed E-state index contributed by atoms with van der Waals surface area (Å²) in [6.07, 6.45) is 21.4. The van der Waals surface area contributed by atoms with Crippen molar-refractivity contribution >= 4 is 0 Å². The van der Waals surface area contributed by atoms with Crippen LogP contribution in [0.15, 0.2) is 12.2 Å². The minimum atomic E-state index is 0.419. The van der Waals surface area contributed by atoms with Crippen LogP contribution in [0.5, 0.6) is 0 Å². The van der Waals surface area contributed by atoms with Gasteiger partial charge in [0.1, 0.15) is 0 Å². The predicted molar refractivity (Wildman–Crippen MR) is 91.3 cm³/mol. The highest BCUT2D eigenvalue weighted by Gasteiger charge is 2.29. The summed E-state index contributed by atoms with van der Waals surface area (Å²) in [7, 11) is 0. The molecule has 0 radical (unpaired) electrons. The molecular weight excluding hydrogens is 256 g/mol. The van der Waals surface area contributed by atoms with Gasteiger partial charge in [0.2, 0.25) is 0 Å². The molecule has 0 aliphatic heterocycles. The third-order valence-corrected chi connectivity index (χ3v) is 6.02. The van der Waals surface area contributed by atoms with Crippen molar-refractivity contribution < 1.29 is 5.11 Å². The third-order valence-electron chi connectivity index (χ3n) is 6.02. The Morgan fingerprint density at radius 1 is 0.857 bits per heavy atom. The molecule has 2 aliphatic rings. The first-order valence-electron chi connectivity index (χ1n) is 9.61. The van der Waals surface area contributed by atoms with E-state index in [1.807, 2.05) is 0 Å². The molecule has 1 N–H and O–H groups in total. The van der Waals surface area contributed by atoms with E-state index >= 15 is 0 Å². The zero-order chi connectivity index (χ0) is 14.9. The first kappa shape index (κ1) is 17.1. The molecule has 21 heavy (non-hydrogen) atoms. The van der Waals surface area contributed by atoms with Crippen LogP contribution in [0.3, 0.4) is 0 Å². The number of aliphatic hydroxyl groups excluding tert-OH is 1. The van der Waals surface area contributed by atoms with E-state index in [0.29, 0.717) is 12.5 Å². The summed E-state index contributed by atoms with van der Waals surface area (Å²) in [4.78, 5) is 0. The highest BCUT2D eigenvalue weighted by atomic mass is 16.3. The van der Waals surface area contributed by atoms with Crippen LogP contribution in [-0.2, 0) is 0 Å². The first-order valence-corrected chi connectivity index (χ1v) is 9.61. The fraction of sp³-hybridized carbons (Fsp3) is 0.900. The maximum atomic E-state index is 9.25. The average Bonchev–Trinajstić information content (AvgIpc) is 2.55. The first-order chi connectivity index (χ1) is 10.3. The molecule has 1 nitrogen and oxygen atoms in total. The van der Waals surface area contributed by atoms with Crippen molar-refractivity contribution in [2.75, 3.05) is 6.61 Å². The van der Waals surface area contributed by atoms with Crippen LogP contribution in [0.25, 0.3) is 0 Å². The number of hydrogen-bond acceptors (Lipinski definition) is 1. The number of rotatable bonds is 7. The molecule has 0 unspecified atom stereocenters. The normalized spacial score (nSPS) is 34.4. The summed E-state index contributed by atoms with van der Waals surface area (Å²) in [5, 5.41) is 9.25. The average molecular weight is 293 g/mol. The van der Waals surface area contributed by atoms with Crippen LogP contribution in [0.1, 0.15) is 84.0 Å². The van der Waals surface area contributed by atoms with Crippen LogP contribution < -0.4 is 0 Å². The lowest BCUT2D eigenvalue weighted by Gasteiger charge is -2.37. The molecule has 2 rings (SSSR count). The second-order valence-electron chi connectivity index (χ2n) is 7.56. The molecule has 0 heterocycles. The van der Waals surface area contributed by atoms with Crippen LogP contribution in [0.4, 0.5) is 0 Å². The summed E-state index contributed by atoms with van der Waals surface area (Å²) >= 11 is 0. The molecule has 122 valence electrons. The summed E-state index contributed by atoms with van der Waals surface area (Å²) in [6.45, 7) is 2.70. The lowest BCUT2D eigenvalue weighted by Crippen LogP contribution is -2.26. The Bertz CT molecular complexity index is 280. The molecule has 0 aromatic heterocycles. The monoisotopic (exact) mass is 292 g/mol. The minimum Gasteiger partial charge on any atom is -0.396 e. The van der Waals surface area contributed by atoms with E-state index in [-0.39, 0.29) is 0 Å². The van der Waals surface area contributed by atoms with E-state index in [1.165, 1.54) is 77.0 Å². The van der Waals surface area contributed by atoms with Gasteiger partial charge in [-0.3, -0.25) is 0 Å². The van der Waals surface area contributed by atoms with Gasteiger partial charge in [-0.05, 0) is 87.9 Å². The van der Waals surface area contributed by atoms with E-state index in [1.54, 1.807) is 0 Å². The van der Waals surface area contributed by atoms with Crippen molar-refractivity contribution in [2.45, 2.75) is 84.0 Å². The lowest BCUT2D eigenvalue weighted by atomic mass is 9.69. The van der Waals surface area contributed by atoms with Crippen molar-refractivity contribution in [1.29, 1.82) is 0 Å². The second kappa shape index (κ2) is 9.66. The fourth-order valence-electron chi connectivity index (χ4n) is 4.45. The number of aliphatic hydroxyl groups is 1. The zero-order valence-corrected chi connectivity index (χ0v) is 14.1. The molecule has 0 aromatic carbocycles. The van der Waals surface area contributed by atoms with Gasteiger partial charge in [0.15, 0.2) is 0 Å². The van der Waals surface area contributed by atoms with Gasteiger partial charge in [0.25, 0.3) is 0 Å². The van der Waals surface area contributed by atoms with Crippen molar-refractivity contribution in [2.24, 2.45) is 23.7 Å². The summed E-state index contributed by atoms with van der Waals surface area (Å²) in [6, 6.07) is 0.